The third-order valence-corrected chi connectivity index (χ3v) is 9.17. The van der Waals surface area contributed by atoms with Gasteiger partial charge in [-0.15, -0.1) is 0 Å². The highest BCUT2D eigenvalue weighted by molar-refractivity contribution is 6.03. The van der Waals surface area contributed by atoms with Gasteiger partial charge in [0.2, 0.25) is 0 Å². The van der Waals surface area contributed by atoms with E-state index in [-0.39, 0.29) is 6.09 Å². The Labute approximate surface area is 310 Å². The number of anilines is 1. The molecule has 0 radical (unpaired) electrons. The molecule has 0 spiro atoms. The highest BCUT2D eigenvalue weighted by atomic mass is 16.6. The Morgan fingerprint density at radius 3 is 2.06 bits per heavy atom. The molecule has 272 valence electrons. The molecule has 0 saturated carbocycles. The molecule has 1 amide bonds. The van der Waals surface area contributed by atoms with Crippen molar-refractivity contribution in [3.63, 3.8) is 0 Å². The zero-order valence-corrected chi connectivity index (χ0v) is 30.9. The topological polar surface area (TPSA) is 99.8 Å². The fourth-order valence-corrected chi connectivity index (χ4v) is 6.52. The van der Waals surface area contributed by atoms with Crippen molar-refractivity contribution in [2.75, 3.05) is 45.3 Å². The number of ether oxygens (including phenoxy) is 3. The van der Waals surface area contributed by atoms with Crippen LogP contribution in [0.2, 0.25) is 0 Å². The number of benzene rings is 3. The largest absolute Gasteiger partial charge is 0.497 e. The Morgan fingerprint density at radius 1 is 0.792 bits per heavy atom. The van der Waals surface area contributed by atoms with Gasteiger partial charge in [0.1, 0.15) is 17.1 Å². The summed E-state index contributed by atoms with van der Waals surface area (Å²) in [4.78, 5) is 22.2. The summed E-state index contributed by atoms with van der Waals surface area (Å²) in [5, 5.41) is 10.8. The molecular formula is C42H45N7O4. The van der Waals surface area contributed by atoms with Crippen molar-refractivity contribution >= 4 is 35.0 Å². The van der Waals surface area contributed by atoms with Crippen LogP contribution in [0.15, 0.2) is 97.5 Å². The van der Waals surface area contributed by atoms with Gasteiger partial charge in [-0.1, -0.05) is 54.6 Å². The summed E-state index contributed by atoms with van der Waals surface area (Å²) >= 11 is 0. The number of pyridine rings is 1. The van der Waals surface area contributed by atoms with E-state index < -0.39 is 5.60 Å². The summed E-state index contributed by atoms with van der Waals surface area (Å²) in [7, 11) is 3.33. The van der Waals surface area contributed by atoms with Gasteiger partial charge in [-0.25, -0.2) is 14.5 Å². The number of nitrogens with zero attached hydrogens (tertiary/aromatic N) is 7. The molecule has 11 nitrogen and oxygen atoms in total. The van der Waals surface area contributed by atoms with Crippen LogP contribution in [0.1, 0.15) is 43.2 Å². The lowest BCUT2D eigenvalue weighted by molar-refractivity contribution is 0.0240. The van der Waals surface area contributed by atoms with E-state index in [9.17, 15) is 4.79 Å². The molecule has 1 saturated heterocycles. The highest BCUT2D eigenvalue weighted by Crippen LogP contribution is 2.39. The minimum Gasteiger partial charge on any atom is -0.497 e. The molecule has 53 heavy (non-hydrogen) atoms. The van der Waals surface area contributed by atoms with Crippen molar-refractivity contribution in [3.05, 3.63) is 120 Å². The molecular weight excluding hydrogens is 667 g/mol. The van der Waals surface area contributed by atoms with Crippen molar-refractivity contribution in [3.8, 4) is 22.6 Å². The number of carbonyl (C=O) groups excluding carboxylic acids is 1. The van der Waals surface area contributed by atoms with Crippen LogP contribution in [0, 0.1) is 0 Å². The summed E-state index contributed by atoms with van der Waals surface area (Å²) in [6, 6.07) is 26.3. The number of rotatable bonds is 10. The Morgan fingerprint density at radius 2 is 1.43 bits per heavy atom. The maximum Gasteiger partial charge on any atom is 0.410 e. The fraction of sp³-hybridized carbons (Fsp3) is 0.286. The molecule has 1 fully saturated rings. The Kier molecular flexibility index (Phi) is 10.2. The van der Waals surface area contributed by atoms with Gasteiger partial charge in [0, 0.05) is 49.7 Å². The Balaban J connectivity index is 1.28. The number of amides is 1. The molecule has 6 aromatic rings. The van der Waals surface area contributed by atoms with Crippen LogP contribution in [-0.2, 0) is 17.8 Å². The number of fused-ring (bicyclic) bond motifs is 1. The minimum absolute atomic E-state index is 0.288. The third-order valence-electron chi connectivity index (χ3n) is 9.17. The fourth-order valence-electron chi connectivity index (χ4n) is 6.52. The lowest BCUT2D eigenvalue weighted by Crippen LogP contribution is -2.50. The average molecular weight is 712 g/mol. The molecule has 0 atom stereocenters. The Hall–Kier alpha value is -6.10. The molecule has 1 aliphatic heterocycles. The first-order valence-electron chi connectivity index (χ1n) is 17.8. The van der Waals surface area contributed by atoms with E-state index in [0.717, 1.165) is 61.7 Å². The predicted octanol–water partition coefficient (Wildman–Crippen LogP) is 7.64. The van der Waals surface area contributed by atoms with Gasteiger partial charge in [-0.3, -0.25) is 4.68 Å². The second-order valence-electron chi connectivity index (χ2n) is 14.1. The molecule has 3 aromatic carbocycles. The second-order valence-corrected chi connectivity index (χ2v) is 14.1. The summed E-state index contributed by atoms with van der Waals surface area (Å²) in [6.45, 7) is 9.17. The quantitative estimate of drug-likeness (QED) is 0.143. The monoisotopic (exact) mass is 711 g/mol. The van der Waals surface area contributed by atoms with Gasteiger partial charge >= 0.3 is 6.09 Å². The first-order chi connectivity index (χ1) is 25.7. The van der Waals surface area contributed by atoms with Gasteiger partial charge in [-0.2, -0.15) is 10.2 Å². The first kappa shape index (κ1) is 35.3. The molecule has 3 aromatic heterocycles. The molecule has 0 N–H and O–H groups in total. The number of methoxy groups -OCH3 is 2. The summed E-state index contributed by atoms with van der Waals surface area (Å²) in [5.74, 6) is 1.62. The molecule has 0 aliphatic carbocycles. The molecule has 0 unspecified atom stereocenters. The summed E-state index contributed by atoms with van der Waals surface area (Å²) < 4.78 is 20.3. The second kappa shape index (κ2) is 15.2. The zero-order valence-electron chi connectivity index (χ0n) is 30.9. The van der Waals surface area contributed by atoms with Crippen molar-refractivity contribution < 1.29 is 19.0 Å². The van der Waals surface area contributed by atoms with Gasteiger partial charge in [0.25, 0.3) is 0 Å². The van der Waals surface area contributed by atoms with Crippen LogP contribution in [0.5, 0.6) is 11.5 Å². The number of hydrogen-bond acceptors (Lipinski definition) is 8. The van der Waals surface area contributed by atoms with Crippen LogP contribution >= 0.6 is 0 Å². The molecule has 11 heteroatoms. The maximum atomic E-state index is 13.0. The first-order valence-corrected chi connectivity index (χ1v) is 17.8. The Bertz CT molecular complexity index is 2190. The van der Waals surface area contributed by atoms with E-state index in [4.69, 9.17) is 24.3 Å². The average Bonchev–Trinajstić information content (AvgIpc) is 3.77. The van der Waals surface area contributed by atoms with Crippen molar-refractivity contribution in [2.24, 2.45) is 0 Å². The summed E-state index contributed by atoms with van der Waals surface area (Å²) in [6.07, 6.45) is 9.66. The lowest BCUT2D eigenvalue weighted by Gasteiger charge is -2.37. The van der Waals surface area contributed by atoms with Crippen molar-refractivity contribution in [1.29, 1.82) is 0 Å². The highest BCUT2D eigenvalue weighted by Gasteiger charge is 2.29. The number of piperazine rings is 1. The van der Waals surface area contributed by atoms with Crippen molar-refractivity contribution in [2.45, 2.75) is 39.5 Å². The van der Waals surface area contributed by atoms with Gasteiger partial charge in [0.05, 0.1) is 50.3 Å². The van der Waals surface area contributed by atoms with E-state index in [0.29, 0.717) is 39.3 Å². The predicted molar refractivity (Wildman–Crippen MR) is 208 cm³/mol. The van der Waals surface area contributed by atoms with E-state index in [1.54, 1.807) is 19.1 Å². The lowest BCUT2D eigenvalue weighted by atomic mass is 10.0. The molecule has 1 aliphatic rings. The normalized spacial score (nSPS) is 13.5. The van der Waals surface area contributed by atoms with Crippen LogP contribution in [0.25, 0.3) is 34.3 Å². The van der Waals surface area contributed by atoms with Gasteiger partial charge in [-0.05, 0) is 73.9 Å². The van der Waals surface area contributed by atoms with Crippen molar-refractivity contribution in [1.82, 2.24) is 29.4 Å². The zero-order chi connectivity index (χ0) is 37.0. The van der Waals surface area contributed by atoms with E-state index >= 15 is 0 Å². The minimum atomic E-state index is -0.558. The van der Waals surface area contributed by atoms with Gasteiger partial charge < -0.3 is 24.0 Å². The summed E-state index contributed by atoms with van der Waals surface area (Å²) in [5.41, 5.74) is 7.29. The number of carbonyl (C=O) groups is 1. The van der Waals surface area contributed by atoms with Gasteiger partial charge in [0.15, 0.2) is 5.65 Å². The maximum absolute atomic E-state index is 13.0. The molecule has 0 bridgehead atoms. The standard InChI is InChI=1S/C42H45N7O4/c1-42(2,3)53-41(50)47-23-21-46(22-24-47)39-36(33-9-7-6-8-10-33)26-43-40-38(39)37(45-49(40)29-31-13-18-35(52-5)19-14-31)20-15-32-25-44-48(28-32)27-30-11-16-34(51-4)17-12-30/h6-20,25-26,28H,21-24,27,29H2,1-5H3. The smallest absolute Gasteiger partial charge is 0.410 e. The number of aromatic nitrogens is 5. The van der Waals surface area contributed by atoms with Crippen LogP contribution in [0.3, 0.4) is 0 Å². The third kappa shape index (κ3) is 8.19. The number of hydrogen-bond donors (Lipinski definition) is 0. The van der Waals surface area contributed by atoms with E-state index in [1.807, 2.05) is 115 Å². The van der Waals surface area contributed by atoms with Crippen LogP contribution in [-0.4, -0.2) is 81.5 Å². The van der Waals surface area contributed by atoms with E-state index in [1.165, 1.54) is 0 Å². The van der Waals surface area contributed by atoms with Crippen LogP contribution < -0.4 is 14.4 Å². The van der Waals surface area contributed by atoms with Crippen LogP contribution in [0.4, 0.5) is 10.5 Å². The van der Waals surface area contributed by atoms with E-state index in [2.05, 4.69) is 34.3 Å². The molecule has 4 heterocycles. The molecule has 7 rings (SSSR count). The SMILES string of the molecule is COc1ccc(Cn2cc(C=Cc3nn(Cc4ccc(OC)cc4)c4ncc(-c5ccccc5)c(N5CCN(C(=O)OC(C)(C)C)CC5)c34)cn2)cc1.